The molecule has 2 aromatic heterocycles. The van der Waals surface area contributed by atoms with Crippen LogP contribution in [-0.4, -0.2) is 50.6 Å². The van der Waals surface area contributed by atoms with Crippen LogP contribution in [0, 0.1) is 0 Å². The second-order valence-electron chi connectivity index (χ2n) is 6.43. The number of fused-ring (bicyclic) bond motifs is 2. The summed E-state index contributed by atoms with van der Waals surface area (Å²) in [5, 5.41) is 13.7. The van der Waals surface area contributed by atoms with Gasteiger partial charge in [-0.15, -0.1) is 0 Å². The molecule has 1 amide bonds. The molecule has 8 nitrogen and oxygen atoms in total. The monoisotopic (exact) mass is 365 g/mol. The number of hydrogen-bond acceptors (Lipinski definition) is 5. The Labute approximate surface area is 147 Å². The third kappa shape index (κ3) is 2.57. The molecule has 0 aliphatic carbocycles. The standard InChI is InChI=1S/C16H17F2N5O3/c17-13(18)10-5-9(7-20-14(10)19)11-6-12-16(26-4-3-23(12)21-11)1-2-22(8-16)15(24)25/h5-7,13H,1-4,8H2,(H2,19,20)(H,24,25)/t16-/m1/s1. The summed E-state index contributed by atoms with van der Waals surface area (Å²) in [7, 11) is 0. The molecule has 0 bridgehead atoms. The Morgan fingerprint density at radius 1 is 1.38 bits per heavy atom. The molecule has 2 aliphatic heterocycles. The minimum Gasteiger partial charge on any atom is -0.465 e. The van der Waals surface area contributed by atoms with Gasteiger partial charge in [0.05, 0.1) is 36.6 Å². The van der Waals surface area contributed by atoms with Crippen LogP contribution < -0.4 is 5.73 Å². The van der Waals surface area contributed by atoms with Crippen molar-refractivity contribution in [2.24, 2.45) is 0 Å². The summed E-state index contributed by atoms with van der Waals surface area (Å²) in [4.78, 5) is 16.4. The molecule has 26 heavy (non-hydrogen) atoms. The fourth-order valence-corrected chi connectivity index (χ4v) is 3.58. The van der Waals surface area contributed by atoms with Crippen LogP contribution in [0.2, 0.25) is 0 Å². The quantitative estimate of drug-likeness (QED) is 0.844. The normalized spacial score (nSPS) is 22.2. The van der Waals surface area contributed by atoms with E-state index < -0.39 is 18.1 Å². The van der Waals surface area contributed by atoms with Gasteiger partial charge in [0.15, 0.2) is 0 Å². The molecule has 4 rings (SSSR count). The van der Waals surface area contributed by atoms with Crippen LogP contribution in [0.1, 0.15) is 24.1 Å². The fraction of sp³-hybridized carbons (Fsp3) is 0.438. The average Bonchev–Trinajstić information content (AvgIpc) is 3.21. The number of alkyl halides is 2. The van der Waals surface area contributed by atoms with Crippen molar-refractivity contribution in [1.29, 1.82) is 0 Å². The molecule has 10 heteroatoms. The van der Waals surface area contributed by atoms with Crippen molar-refractivity contribution in [3.63, 3.8) is 0 Å². The second-order valence-corrected chi connectivity index (χ2v) is 6.43. The van der Waals surface area contributed by atoms with E-state index in [1.807, 2.05) is 0 Å². The van der Waals surface area contributed by atoms with Crippen LogP contribution in [0.3, 0.4) is 0 Å². The van der Waals surface area contributed by atoms with Crippen molar-refractivity contribution in [3.05, 3.63) is 29.6 Å². The van der Waals surface area contributed by atoms with Crippen LogP contribution in [0.5, 0.6) is 0 Å². The Bertz CT molecular complexity index is 872. The first-order chi connectivity index (χ1) is 12.4. The van der Waals surface area contributed by atoms with E-state index in [0.717, 1.165) is 5.69 Å². The lowest BCUT2D eigenvalue weighted by molar-refractivity contribution is -0.0709. The lowest BCUT2D eigenvalue weighted by atomic mass is 9.96. The van der Waals surface area contributed by atoms with Crippen molar-refractivity contribution in [2.75, 3.05) is 25.4 Å². The highest BCUT2D eigenvalue weighted by Gasteiger charge is 2.46. The number of rotatable bonds is 2. The number of carbonyl (C=O) groups is 1. The van der Waals surface area contributed by atoms with Crippen molar-refractivity contribution < 1.29 is 23.4 Å². The van der Waals surface area contributed by atoms with Gasteiger partial charge in [0.25, 0.3) is 6.43 Å². The van der Waals surface area contributed by atoms with Crippen LogP contribution in [0.15, 0.2) is 18.3 Å². The molecule has 1 saturated heterocycles. The number of nitrogens with two attached hydrogens (primary N) is 1. The van der Waals surface area contributed by atoms with E-state index in [1.165, 1.54) is 17.2 Å². The molecule has 0 saturated carbocycles. The fourth-order valence-electron chi connectivity index (χ4n) is 3.58. The molecule has 2 aromatic rings. The minimum atomic E-state index is -2.73. The molecule has 0 radical (unpaired) electrons. The molecule has 138 valence electrons. The summed E-state index contributed by atoms with van der Waals surface area (Å²) < 4.78 is 33.9. The largest absolute Gasteiger partial charge is 0.465 e. The number of amides is 1. The summed E-state index contributed by atoms with van der Waals surface area (Å²) in [6.45, 7) is 1.50. The number of pyridine rings is 1. The lowest BCUT2D eigenvalue weighted by Crippen LogP contribution is -2.41. The van der Waals surface area contributed by atoms with Crippen LogP contribution in [0.4, 0.5) is 19.4 Å². The number of aromatic nitrogens is 3. The summed E-state index contributed by atoms with van der Waals surface area (Å²) in [6.07, 6.45) is -1.80. The molecule has 1 atom stereocenters. The summed E-state index contributed by atoms with van der Waals surface area (Å²) >= 11 is 0. The van der Waals surface area contributed by atoms with Crippen LogP contribution in [0.25, 0.3) is 11.3 Å². The van der Waals surface area contributed by atoms with E-state index in [2.05, 4.69) is 10.1 Å². The molecule has 0 unspecified atom stereocenters. The van der Waals surface area contributed by atoms with Crippen LogP contribution in [-0.2, 0) is 16.9 Å². The molecule has 0 aromatic carbocycles. The molecule has 1 fully saturated rings. The maximum Gasteiger partial charge on any atom is 0.407 e. The summed E-state index contributed by atoms with van der Waals surface area (Å²) in [5.74, 6) is -0.208. The van der Waals surface area contributed by atoms with E-state index in [9.17, 15) is 18.7 Å². The zero-order valence-corrected chi connectivity index (χ0v) is 13.7. The van der Waals surface area contributed by atoms with Gasteiger partial charge in [-0.2, -0.15) is 5.10 Å². The maximum absolute atomic E-state index is 13.1. The Kier molecular flexibility index (Phi) is 3.79. The Hall–Kier alpha value is -2.75. The Morgan fingerprint density at radius 3 is 2.88 bits per heavy atom. The number of nitrogens with zero attached hydrogens (tertiary/aromatic N) is 4. The zero-order chi connectivity index (χ0) is 18.5. The molecule has 1 spiro atoms. The van der Waals surface area contributed by atoms with Gasteiger partial charge < -0.3 is 20.5 Å². The highest BCUT2D eigenvalue weighted by atomic mass is 19.3. The van der Waals surface area contributed by atoms with E-state index >= 15 is 0 Å². The smallest absolute Gasteiger partial charge is 0.407 e. The van der Waals surface area contributed by atoms with E-state index in [-0.39, 0.29) is 17.9 Å². The lowest BCUT2D eigenvalue weighted by Gasteiger charge is -2.33. The van der Waals surface area contributed by atoms with Crippen molar-refractivity contribution in [1.82, 2.24) is 19.7 Å². The zero-order valence-electron chi connectivity index (χ0n) is 13.7. The third-order valence-corrected chi connectivity index (χ3v) is 4.91. The SMILES string of the molecule is Nc1ncc(-c2cc3n(n2)CCO[C@@]32CCN(C(=O)O)C2)cc1C(F)F. The topological polar surface area (TPSA) is 106 Å². The Balaban J connectivity index is 1.73. The molecular weight excluding hydrogens is 348 g/mol. The first-order valence-corrected chi connectivity index (χ1v) is 8.14. The van der Waals surface area contributed by atoms with E-state index in [4.69, 9.17) is 10.5 Å². The van der Waals surface area contributed by atoms with Gasteiger partial charge in [-0.1, -0.05) is 0 Å². The van der Waals surface area contributed by atoms with Crippen molar-refractivity contribution in [2.45, 2.75) is 25.0 Å². The number of hydrogen-bond donors (Lipinski definition) is 2. The molecule has 2 aliphatic rings. The highest BCUT2D eigenvalue weighted by molar-refractivity contribution is 5.66. The number of nitrogen functional groups attached to an aromatic ring is 1. The molecule has 4 heterocycles. The third-order valence-electron chi connectivity index (χ3n) is 4.91. The summed E-state index contributed by atoms with van der Waals surface area (Å²) in [6, 6.07) is 3.04. The van der Waals surface area contributed by atoms with Gasteiger partial charge in [0.2, 0.25) is 0 Å². The number of anilines is 1. The number of ether oxygens (including phenoxy) is 1. The Morgan fingerprint density at radius 2 is 2.19 bits per heavy atom. The maximum atomic E-state index is 13.1. The van der Waals surface area contributed by atoms with E-state index in [0.29, 0.717) is 37.4 Å². The number of halogens is 2. The highest BCUT2D eigenvalue weighted by Crippen LogP contribution is 2.40. The van der Waals surface area contributed by atoms with Gasteiger partial charge in [-0.05, 0) is 12.1 Å². The van der Waals surface area contributed by atoms with Gasteiger partial charge in [-0.25, -0.2) is 18.6 Å². The van der Waals surface area contributed by atoms with Gasteiger partial charge in [0, 0.05) is 24.7 Å². The molecule has 3 N–H and O–H groups in total. The predicted octanol–water partition coefficient (Wildman–Crippen LogP) is 2.07. The van der Waals surface area contributed by atoms with Crippen LogP contribution >= 0.6 is 0 Å². The average molecular weight is 365 g/mol. The van der Waals surface area contributed by atoms with Crippen molar-refractivity contribution in [3.8, 4) is 11.3 Å². The summed E-state index contributed by atoms with van der Waals surface area (Å²) in [5.41, 5.74) is 6.07. The number of likely N-dealkylation sites (tertiary alicyclic amines) is 1. The molecular formula is C16H17F2N5O3. The first-order valence-electron chi connectivity index (χ1n) is 8.14. The second kappa shape index (κ2) is 5.90. The predicted molar refractivity (Wildman–Crippen MR) is 86.7 cm³/mol. The van der Waals surface area contributed by atoms with Gasteiger partial charge in [0.1, 0.15) is 11.4 Å². The first kappa shape index (κ1) is 16.7. The van der Waals surface area contributed by atoms with Gasteiger partial charge in [-0.3, -0.25) is 4.68 Å². The van der Waals surface area contributed by atoms with Crippen molar-refractivity contribution >= 4 is 11.9 Å². The van der Waals surface area contributed by atoms with Gasteiger partial charge >= 0.3 is 6.09 Å². The number of carboxylic acid groups (broad SMARTS) is 1. The van der Waals surface area contributed by atoms with E-state index in [1.54, 1.807) is 10.7 Å². The minimum absolute atomic E-state index is 0.208.